The highest BCUT2D eigenvalue weighted by Crippen LogP contribution is 2.47. The van der Waals surface area contributed by atoms with Gasteiger partial charge in [0.15, 0.2) is 0 Å². The third-order valence-electron chi connectivity index (χ3n) is 5.69. The molecule has 1 aromatic heterocycles. The van der Waals surface area contributed by atoms with Crippen LogP contribution in [-0.2, 0) is 9.59 Å². The molecule has 162 valence electrons. The van der Waals surface area contributed by atoms with E-state index in [9.17, 15) is 23.5 Å². The Bertz CT molecular complexity index is 888. The summed E-state index contributed by atoms with van der Waals surface area (Å²) in [5.41, 5.74) is 0. The van der Waals surface area contributed by atoms with Crippen molar-refractivity contribution < 1.29 is 28.6 Å². The van der Waals surface area contributed by atoms with Crippen LogP contribution in [0.3, 0.4) is 0 Å². The van der Waals surface area contributed by atoms with Gasteiger partial charge >= 0.3 is 5.97 Å². The first-order valence-electron chi connectivity index (χ1n) is 10.2. The van der Waals surface area contributed by atoms with Crippen LogP contribution in [0.5, 0.6) is 0 Å². The second-order valence-corrected chi connectivity index (χ2v) is 9.01. The van der Waals surface area contributed by atoms with Crippen LogP contribution in [0.2, 0.25) is 0 Å². The van der Waals surface area contributed by atoms with E-state index in [0.29, 0.717) is 12.8 Å². The lowest BCUT2D eigenvalue weighted by molar-refractivity contribution is -0.137. The van der Waals surface area contributed by atoms with Crippen LogP contribution in [0.25, 0.3) is 10.1 Å². The summed E-state index contributed by atoms with van der Waals surface area (Å²) >= 11 is 1.46. The lowest BCUT2D eigenvalue weighted by Gasteiger charge is -2.23. The quantitative estimate of drug-likeness (QED) is 0.367. The predicted molar refractivity (Wildman–Crippen MR) is 113 cm³/mol. The van der Waals surface area contributed by atoms with Crippen molar-refractivity contribution in [2.45, 2.75) is 57.0 Å². The molecule has 0 aliphatic heterocycles. The van der Waals surface area contributed by atoms with E-state index < -0.39 is 42.0 Å². The molecule has 3 atom stereocenters. The second-order valence-electron chi connectivity index (χ2n) is 7.89. The Morgan fingerprint density at radius 1 is 1.30 bits per heavy atom. The number of rotatable bonds is 10. The van der Waals surface area contributed by atoms with Crippen LogP contribution in [0.15, 0.2) is 42.5 Å². The topological polar surface area (TPSA) is 74.6 Å². The smallest absolute Gasteiger partial charge is 0.303 e. The number of ketones is 1. The molecule has 1 aromatic carbocycles. The Balaban J connectivity index is 1.59. The number of halogens is 2. The molecule has 0 amide bonds. The Morgan fingerprint density at radius 3 is 2.80 bits per heavy atom. The molecule has 0 radical (unpaired) electrons. The first kappa shape index (κ1) is 22.6. The van der Waals surface area contributed by atoms with Gasteiger partial charge in [-0.1, -0.05) is 30.4 Å². The van der Waals surface area contributed by atoms with E-state index in [0.717, 1.165) is 15.0 Å². The lowest BCUT2D eigenvalue weighted by Crippen LogP contribution is -2.26. The Hall–Kier alpha value is -2.12. The number of fused-ring (bicyclic) bond motifs is 1. The summed E-state index contributed by atoms with van der Waals surface area (Å²) in [6.07, 6.45) is 3.45. The molecule has 0 bridgehead atoms. The summed E-state index contributed by atoms with van der Waals surface area (Å²) in [4.78, 5) is 23.4. The summed E-state index contributed by atoms with van der Waals surface area (Å²) in [7, 11) is 0. The Kier molecular flexibility index (Phi) is 7.36. The Morgan fingerprint density at radius 2 is 2.07 bits per heavy atom. The minimum Gasteiger partial charge on any atom is -0.481 e. The molecular weight excluding hydrogens is 410 g/mol. The van der Waals surface area contributed by atoms with E-state index in [-0.39, 0.29) is 25.7 Å². The fraction of sp³-hybridized carbons (Fsp3) is 0.478. The third kappa shape index (κ3) is 5.52. The number of aliphatic hydroxyl groups is 1. The molecule has 0 spiro atoms. The minimum absolute atomic E-state index is 0.0585. The summed E-state index contributed by atoms with van der Waals surface area (Å²) in [6, 6.07) is 9.62. The molecule has 0 saturated heterocycles. The molecule has 3 rings (SSSR count). The van der Waals surface area contributed by atoms with Crippen LogP contribution in [0.1, 0.15) is 55.9 Å². The molecule has 1 fully saturated rings. The third-order valence-corrected chi connectivity index (χ3v) is 6.91. The van der Waals surface area contributed by atoms with Gasteiger partial charge in [-0.25, -0.2) is 8.78 Å². The summed E-state index contributed by atoms with van der Waals surface area (Å²) in [5.74, 6) is -6.20. The van der Waals surface area contributed by atoms with E-state index in [1.54, 1.807) is 12.2 Å². The van der Waals surface area contributed by atoms with E-state index in [2.05, 4.69) is 0 Å². The van der Waals surface area contributed by atoms with Gasteiger partial charge in [0.2, 0.25) is 0 Å². The van der Waals surface area contributed by atoms with Crippen molar-refractivity contribution in [3.05, 3.63) is 47.4 Å². The summed E-state index contributed by atoms with van der Waals surface area (Å²) in [6.45, 7) is 0. The number of carboxylic acid groups (broad SMARTS) is 1. The van der Waals surface area contributed by atoms with Gasteiger partial charge in [-0.15, -0.1) is 11.3 Å². The maximum Gasteiger partial charge on any atom is 0.303 e. The molecule has 1 unspecified atom stereocenters. The normalized spacial score (nSPS) is 22.2. The van der Waals surface area contributed by atoms with Gasteiger partial charge in [0.1, 0.15) is 5.78 Å². The van der Waals surface area contributed by atoms with Crippen molar-refractivity contribution >= 4 is 33.2 Å². The molecule has 7 heteroatoms. The zero-order chi connectivity index (χ0) is 21.7. The fourth-order valence-corrected chi connectivity index (χ4v) is 5.18. The highest BCUT2D eigenvalue weighted by Gasteiger charge is 2.53. The van der Waals surface area contributed by atoms with Gasteiger partial charge < -0.3 is 10.2 Å². The number of carbonyl (C=O) groups excluding carboxylic acids is 1. The monoisotopic (exact) mass is 436 g/mol. The second kappa shape index (κ2) is 9.79. The number of aliphatic hydroxyl groups excluding tert-OH is 1. The number of Topliss-reactive ketones (excluding diaryl/α,β-unsaturated/α-hetero) is 1. The van der Waals surface area contributed by atoms with Crippen molar-refractivity contribution in [2.75, 3.05) is 0 Å². The average molecular weight is 437 g/mol. The zero-order valence-electron chi connectivity index (χ0n) is 16.6. The van der Waals surface area contributed by atoms with E-state index in [1.165, 1.54) is 11.3 Å². The standard InChI is InChI=1S/C23H26F2O4S/c24-23(25)14-19(27)16(8-3-1-2-4-10-22(28)29)17(23)11-12-18(26)21-13-15-7-5-6-9-20(15)30-21/h1,3,5-7,9,13,16-18,26H,2,4,8,10-12,14H2,(H,28,29)/t16-,17-,18?/m1/s1. The summed E-state index contributed by atoms with van der Waals surface area (Å²) in [5, 5.41) is 20.2. The molecule has 2 N–H and O–H groups in total. The van der Waals surface area contributed by atoms with Crippen LogP contribution >= 0.6 is 11.3 Å². The molecular formula is C23H26F2O4S. The number of hydrogen-bond acceptors (Lipinski definition) is 4. The van der Waals surface area contributed by atoms with E-state index in [4.69, 9.17) is 5.11 Å². The predicted octanol–water partition coefficient (Wildman–Crippen LogP) is 5.76. The van der Waals surface area contributed by atoms with Gasteiger partial charge in [0.25, 0.3) is 5.92 Å². The number of thiophene rings is 1. The zero-order valence-corrected chi connectivity index (χ0v) is 17.4. The number of alkyl halides is 2. The summed E-state index contributed by atoms with van der Waals surface area (Å²) < 4.78 is 30.0. The van der Waals surface area contributed by atoms with Gasteiger partial charge in [0, 0.05) is 27.8 Å². The highest BCUT2D eigenvalue weighted by molar-refractivity contribution is 7.19. The van der Waals surface area contributed by atoms with Crippen molar-refractivity contribution in [2.24, 2.45) is 11.8 Å². The van der Waals surface area contributed by atoms with Crippen molar-refractivity contribution in [1.29, 1.82) is 0 Å². The number of aliphatic carboxylic acids is 1. The Labute approximate surface area is 178 Å². The SMILES string of the molecule is O=C(O)CCCC=CC[C@H]1C(=O)CC(F)(F)[C@@H]1CCC(O)c1cc2ccccc2s1. The fourth-order valence-electron chi connectivity index (χ4n) is 4.10. The van der Waals surface area contributed by atoms with Gasteiger partial charge in [0.05, 0.1) is 12.5 Å². The molecule has 1 saturated carbocycles. The number of benzene rings is 1. The van der Waals surface area contributed by atoms with Crippen molar-refractivity contribution in [1.82, 2.24) is 0 Å². The lowest BCUT2D eigenvalue weighted by atomic mass is 9.86. The first-order chi connectivity index (χ1) is 14.3. The van der Waals surface area contributed by atoms with E-state index in [1.807, 2.05) is 30.3 Å². The first-order valence-corrected chi connectivity index (χ1v) is 11.0. The number of carboxylic acids is 1. The van der Waals surface area contributed by atoms with Crippen molar-refractivity contribution in [3.8, 4) is 0 Å². The molecule has 1 heterocycles. The van der Waals surface area contributed by atoms with E-state index >= 15 is 0 Å². The number of hydrogen-bond donors (Lipinski definition) is 2. The molecule has 1 aliphatic rings. The van der Waals surface area contributed by atoms with Crippen LogP contribution in [-0.4, -0.2) is 27.9 Å². The maximum atomic E-state index is 14.5. The maximum absolute atomic E-state index is 14.5. The molecule has 1 aliphatic carbocycles. The average Bonchev–Trinajstić information content (AvgIpc) is 3.20. The molecule has 2 aromatic rings. The van der Waals surface area contributed by atoms with Crippen LogP contribution in [0, 0.1) is 11.8 Å². The minimum atomic E-state index is -3.06. The van der Waals surface area contributed by atoms with Gasteiger partial charge in [-0.3, -0.25) is 9.59 Å². The van der Waals surface area contributed by atoms with Gasteiger partial charge in [-0.05, 0) is 49.6 Å². The van der Waals surface area contributed by atoms with Gasteiger partial charge in [-0.2, -0.15) is 0 Å². The number of unbranched alkanes of at least 4 members (excludes halogenated alkanes) is 1. The van der Waals surface area contributed by atoms with Crippen LogP contribution < -0.4 is 0 Å². The highest BCUT2D eigenvalue weighted by atomic mass is 32.1. The number of allylic oxidation sites excluding steroid dienone is 2. The van der Waals surface area contributed by atoms with Crippen LogP contribution in [0.4, 0.5) is 8.78 Å². The number of carbonyl (C=O) groups is 2. The van der Waals surface area contributed by atoms with Crippen molar-refractivity contribution in [3.63, 3.8) is 0 Å². The molecule has 30 heavy (non-hydrogen) atoms. The molecule has 4 nitrogen and oxygen atoms in total. The largest absolute Gasteiger partial charge is 0.481 e.